The Labute approximate surface area is 111 Å². The maximum absolute atomic E-state index is 12.4. The van der Waals surface area contributed by atoms with Crippen LogP contribution < -0.4 is 5.32 Å². The fourth-order valence-corrected chi connectivity index (χ4v) is 2.69. The minimum Gasteiger partial charge on any atom is -0.481 e. The normalized spacial score (nSPS) is 27.3. The quantitative estimate of drug-likeness (QED) is 0.730. The van der Waals surface area contributed by atoms with Gasteiger partial charge >= 0.3 is 12.0 Å². The first-order valence-electron chi connectivity index (χ1n) is 6.57. The van der Waals surface area contributed by atoms with E-state index in [1.807, 2.05) is 6.92 Å². The summed E-state index contributed by atoms with van der Waals surface area (Å²) in [5.41, 5.74) is 0. The number of urea groups is 1. The topological polar surface area (TPSA) is 90.0 Å². The molecule has 0 aromatic carbocycles. The van der Waals surface area contributed by atoms with E-state index in [0.717, 1.165) is 12.8 Å². The number of aliphatic carboxylic acids is 1. The average molecular weight is 269 g/mol. The van der Waals surface area contributed by atoms with E-state index < -0.39 is 12.0 Å². The highest BCUT2D eigenvalue weighted by Crippen LogP contribution is 2.21. The van der Waals surface area contributed by atoms with E-state index >= 15 is 0 Å². The second-order valence-electron chi connectivity index (χ2n) is 5.07. The molecule has 3 amide bonds. The van der Waals surface area contributed by atoms with Gasteiger partial charge in [0.1, 0.15) is 6.04 Å². The molecule has 2 aliphatic rings. The van der Waals surface area contributed by atoms with Crippen molar-refractivity contribution in [3.8, 4) is 0 Å². The third-order valence-corrected chi connectivity index (χ3v) is 3.74. The lowest BCUT2D eigenvalue weighted by atomic mass is 10.1. The summed E-state index contributed by atoms with van der Waals surface area (Å²) in [6.07, 6.45) is 1.56. The molecule has 7 heteroatoms. The zero-order valence-electron chi connectivity index (χ0n) is 11.0. The standard InChI is InChI=1S/C12H19N3O4/c1-8-3-2-5-14(8)12(19)15-6-4-13-11(18)9(15)7-10(16)17/h8-9H,2-7H2,1H3,(H,13,18)(H,16,17). The molecular formula is C12H19N3O4. The Balaban J connectivity index is 2.12. The lowest BCUT2D eigenvalue weighted by Gasteiger charge is -2.37. The third-order valence-electron chi connectivity index (χ3n) is 3.74. The van der Waals surface area contributed by atoms with E-state index in [9.17, 15) is 14.4 Å². The molecule has 0 aliphatic carbocycles. The van der Waals surface area contributed by atoms with E-state index in [4.69, 9.17) is 5.11 Å². The van der Waals surface area contributed by atoms with Crippen LogP contribution in [-0.4, -0.2) is 64.5 Å². The third kappa shape index (κ3) is 2.80. The van der Waals surface area contributed by atoms with Gasteiger partial charge in [0, 0.05) is 25.7 Å². The van der Waals surface area contributed by atoms with E-state index in [1.165, 1.54) is 4.90 Å². The molecule has 106 valence electrons. The molecule has 0 bridgehead atoms. The summed E-state index contributed by atoms with van der Waals surface area (Å²) in [6.45, 7) is 3.40. The molecule has 0 radical (unpaired) electrons. The summed E-state index contributed by atoms with van der Waals surface area (Å²) in [5, 5.41) is 11.5. The highest BCUT2D eigenvalue weighted by atomic mass is 16.4. The summed E-state index contributed by atoms with van der Waals surface area (Å²) in [6, 6.07) is -0.958. The lowest BCUT2D eigenvalue weighted by Crippen LogP contribution is -2.60. The Morgan fingerprint density at radius 3 is 2.68 bits per heavy atom. The zero-order chi connectivity index (χ0) is 14.0. The Kier molecular flexibility index (Phi) is 3.92. The fraction of sp³-hybridized carbons (Fsp3) is 0.750. The molecule has 2 fully saturated rings. The number of carboxylic acid groups (broad SMARTS) is 1. The van der Waals surface area contributed by atoms with Crippen LogP contribution in [0, 0.1) is 0 Å². The summed E-state index contributed by atoms with van der Waals surface area (Å²) < 4.78 is 0. The molecule has 2 aliphatic heterocycles. The van der Waals surface area contributed by atoms with Gasteiger partial charge in [0.2, 0.25) is 5.91 Å². The Hall–Kier alpha value is -1.79. The van der Waals surface area contributed by atoms with Crippen LogP contribution in [0.3, 0.4) is 0 Å². The van der Waals surface area contributed by atoms with Gasteiger partial charge in [-0.25, -0.2) is 4.79 Å². The molecule has 2 heterocycles. The minimum atomic E-state index is -1.07. The number of rotatable bonds is 2. The van der Waals surface area contributed by atoms with Crippen LogP contribution in [0.1, 0.15) is 26.2 Å². The molecule has 0 spiro atoms. The molecule has 2 atom stereocenters. The van der Waals surface area contributed by atoms with Gasteiger partial charge in [-0.1, -0.05) is 0 Å². The lowest BCUT2D eigenvalue weighted by molar-refractivity contribution is -0.142. The number of nitrogens with zero attached hydrogens (tertiary/aromatic N) is 2. The maximum atomic E-state index is 12.4. The molecule has 19 heavy (non-hydrogen) atoms. The molecule has 7 nitrogen and oxygen atoms in total. The van der Waals surface area contributed by atoms with Gasteiger partial charge in [-0.2, -0.15) is 0 Å². The van der Waals surface area contributed by atoms with Crippen LogP contribution >= 0.6 is 0 Å². The van der Waals surface area contributed by atoms with Crippen molar-refractivity contribution in [1.82, 2.24) is 15.1 Å². The molecular weight excluding hydrogens is 250 g/mol. The van der Waals surface area contributed by atoms with Crippen molar-refractivity contribution in [2.75, 3.05) is 19.6 Å². The first-order chi connectivity index (χ1) is 9.00. The number of hydrogen-bond donors (Lipinski definition) is 2. The van der Waals surface area contributed by atoms with Crippen LogP contribution in [-0.2, 0) is 9.59 Å². The Morgan fingerprint density at radius 2 is 2.11 bits per heavy atom. The minimum absolute atomic E-state index is 0.156. The molecule has 0 aromatic heterocycles. The SMILES string of the molecule is CC1CCCN1C(=O)N1CCNC(=O)C1CC(=O)O. The maximum Gasteiger partial charge on any atom is 0.321 e. The fourth-order valence-electron chi connectivity index (χ4n) is 2.69. The van der Waals surface area contributed by atoms with Gasteiger partial charge in [-0.3, -0.25) is 9.59 Å². The number of carbonyl (C=O) groups excluding carboxylic acids is 2. The van der Waals surface area contributed by atoms with Gasteiger partial charge in [0.15, 0.2) is 0 Å². The van der Waals surface area contributed by atoms with Crippen molar-refractivity contribution in [2.45, 2.75) is 38.3 Å². The monoisotopic (exact) mass is 269 g/mol. The molecule has 2 N–H and O–H groups in total. The van der Waals surface area contributed by atoms with Crippen LogP contribution in [0.5, 0.6) is 0 Å². The first kappa shape index (κ1) is 13.6. The predicted molar refractivity (Wildman–Crippen MR) is 66.6 cm³/mol. The molecule has 2 saturated heterocycles. The van der Waals surface area contributed by atoms with E-state index in [1.54, 1.807) is 4.90 Å². The number of carboxylic acids is 1. The molecule has 2 rings (SSSR count). The second-order valence-corrected chi connectivity index (χ2v) is 5.07. The molecule has 0 saturated carbocycles. The average Bonchev–Trinajstić information content (AvgIpc) is 2.77. The first-order valence-corrected chi connectivity index (χ1v) is 6.57. The van der Waals surface area contributed by atoms with Crippen molar-refractivity contribution < 1.29 is 19.5 Å². The largest absolute Gasteiger partial charge is 0.481 e. The summed E-state index contributed by atoms with van der Waals surface area (Å²) in [4.78, 5) is 38.1. The van der Waals surface area contributed by atoms with Crippen LogP contribution in [0.4, 0.5) is 4.79 Å². The van der Waals surface area contributed by atoms with Crippen LogP contribution in [0.2, 0.25) is 0 Å². The summed E-state index contributed by atoms with van der Waals surface area (Å²) in [5.74, 6) is -1.46. The smallest absolute Gasteiger partial charge is 0.321 e. The van der Waals surface area contributed by atoms with Crippen molar-refractivity contribution >= 4 is 17.9 Å². The summed E-state index contributed by atoms with van der Waals surface area (Å²) >= 11 is 0. The van der Waals surface area contributed by atoms with Crippen molar-refractivity contribution in [1.29, 1.82) is 0 Å². The van der Waals surface area contributed by atoms with Crippen molar-refractivity contribution in [2.24, 2.45) is 0 Å². The van der Waals surface area contributed by atoms with Crippen molar-refractivity contribution in [3.63, 3.8) is 0 Å². The van der Waals surface area contributed by atoms with Gasteiger partial charge in [0.05, 0.1) is 6.42 Å². The van der Waals surface area contributed by atoms with Gasteiger partial charge in [-0.15, -0.1) is 0 Å². The number of nitrogens with one attached hydrogen (secondary N) is 1. The number of likely N-dealkylation sites (tertiary alicyclic amines) is 1. The number of amides is 3. The van der Waals surface area contributed by atoms with Gasteiger partial charge < -0.3 is 20.2 Å². The zero-order valence-corrected chi connectivity index (χ0v) is 11.0. The van der Waals surface area contributed by atoms with E-state index in [2.05, 4.69) is 5.32 Å². The highest BCUT2D eigenvalue weighted by molar-refractivity contribution is 5.91. The van der Waals surface area contributed by atoms with Crippen molar-refractivity contribution in [3.05, 3.63) is 0 Å². The van der Waals surface area contributed by atoms with E-state index in [0.29, 0.717) is 19.6 Å². The van der Waals surface area contributed by atoms with E-state index in [-0.39, 0.29) is 24.4 Å². The highest BCUT2D eigenvalue weighted by Gasteiger charge is 2.38. The molecule has 0 aromatic rings. The molecule has 2 unspecified atom stereocenters. The number of piperazine rings is 1. The van der Waals surface area contributed by atoms with Gasteiger partial charge in [0.25, 0.3) is 0 Å². The van der Waals surface area contributed by atoms with Crippen LogP contribution in [0.15, 0.2) is 0 Å². The number of hydrogen-bond acceptors (Lipinski definition) is 3. The predicted octanol–water partition coefficient (Wildman–Crippen LogP) is -0.134. The Morgan fingerprint density at radius 1 is 1.37 bits per heavy atom. The Bertz CT molecular complexity index is 398. The van der Waals surface area contributed by atoms with Crippen LogP contribution in [0.25, 0.3) is 0 Å². The second kappa shape index (κ2) is 5.46. The van der Waals surface area contributed by atoms with Gasteiger partial charge in [-0.05, 0) is 19.8 Å². The number of carbonyl (C=O) groups is 3. The summed E-state index contributed by atoms with van der Waals surface area (Å²) in [7, 11) is 0.